The van der Waals surface area contributed by atoms with Gasteiger partial charge in [-0.15, -0.1) is 11.3 Å². The number of nitrogens with zero attached hydrogens (tertiary/aromatic N) is 2. The maximum absolute atomic E-state index is 10.7. The summed E-state index contributed by atoms with van der Waals surface area (Å²) in [6.07, 6.45) is 0. The lowest BCUT2D eigenvalue weighted by Crippen LogP contribution is -2.31. The van der Waals surface area contributed by atoms with E-state index in [4.69, 9.17) is 16.7 Å². The molecule has 0 amide bonds. The van der Waals surface area contributed by atoms with E-state index in [1.54, 1.807) is 12.3 Å². The average Bonchev–Trinajstić information content (AvgIpc) is 2.60. The molecular weight excluding hydrogens is 236 g/mol. The first-order valence-corrected chi connectivity index (χ1v) is 5.89. The summed E-state index contributed by atoms with van der Waals surface area (Å²) in [5, 5.41) is 11.8. The van der Waals surface area contributed by atoms with Crippen molar-refractivity contribution in [2.24, 2.45) is 5.92 Å². The lowest BCUT2D eigenvalue weighted by atomic mass is 10.2. The molecule has 0 bridgehead atoms. The van der Waals surface area contributed by atoms with Crippen molar-refractivity contribution >= 4 is 34.0 Å². The van der Waals surface area contributed by atoms with Crippen molar-refractivity contribution in [3.05, 3.63) is 10.5 Å². The maximum atomic E-state index is 10.7. The van der Waals surface area contributed by atoms with E-state index in [-0.39, 0.29) is 0 Å². The zero-order chi connectivity index (χ0) is 11.4. The summed E-state index contributed by atoms with van der Waals surface area (Å²) in [5.74, 6) is -1.20. The molecule has 1 aromatic heterocycles. The molecule has 6 heteroatoms. The Morgan fingerprint density at radius 3 is 2.87 bits per heavy atom. The highest BCUT2D eigenvalue weighted by Gasteiger charge is 2.17. The molecule has 0 spiro atoms. The molecule has 4 nitrogen and oxygen atoms in total. The Bertz CT molecular complexity index is 343. The SMILES string of the molecule is CCN(CC(C)C(=O)O)c1nc(Cl)cs1. The van der Waals surface area contributed by atoms with Gasteiger partial charge in [0.2, 0.25) is 0 Å². The fourth-order valence-electron chi connectivity index (χ4n) is 1.14. The Balaban J connectivity index is 2.68. The molecule has 0 aliphatic heterocycles. The summed E-state index contributed by atoms with van der Waals surface area (Å²) in [5.41, 5.74) is 0. The van der Waals surface area contributed by atoms with Crippen LogP contribution in [0.3, 0.4) is 0 Å². The van der Waals surface area contributed by atoms with E-state index in [0.717, 1.165) is 11.7 Å². The van der Waals surface area contributed by atoms with Gasteiger partial charge in [-0.2, -0.15) is 0 Å². The van der Waals surface area contributed by atoms with Crippen LogP contribution in [0.5, 0.6) is 0 Å². The largest absolute Gasteiger partial charge is 0.481 e. The van der Waals surface area contributed by atoms with E-state index in [1.807, 2.05) is 11.8 Å². The first kappa shape index (κ1) is 12.3. The van der Waals surface area contributed by atoms with Crippen molar-refractivity contribution in [3.8, 4) is 0 Å². The lowest BCUT2D eigenvalue weighted by Gasteiger charge is -2.21. The van der Waals surface area contributed by atoms with Crippen molar-refractivity contribution in [3.63, 3.8) is 0 Å². The zero-order valence-electron chi connectivity index (χ0n) is 8.61. The molecule has 0 fully saturated rings. The summed E-state index contributed by atoms with van der Waals surface area (Å²) < 4.78 is 0. The van der Waals surface area contributed by atoms with Crippen LogP contribution in [0, 0.1) is 5.92 Å². The third-order valence-corrected chi connectivity index (χ3v) is 3.26. The molecule has 0 aliphatic rings. The number of anilines is 1. The molecule has 0 aromatic carbocycles. The van der Waals surface area contributed by atoms with Crippen molar-refractivity contribution < 1.29 is 9.90 Å². The van der Waals surface area contributed by atoms with Gasteiger partial charge in [0, 0.05) is 18.5 Å². The minimum absolute atomic E-state index is 0.410. The number of carbonyl (C=O) groups is 1. The number of hydrogen-bond acceptors (Lipinski definition) is 4. The number of hydrogen-bond donors (Lipinski definition) is 1. The number of carboxylic acid groups (broad SMARTS) is 1. The van der Waals surface area contributed by atoms with Crippen LogP contribution >= 0.6 is 22.9 Å². The highest BCUT2D eigenvalue weighted by Crippen LogP contribution is 2.23. The van der Waals surface area contributed by atoms with E-state index in [1.165, 1.54) is 11.3 Å². The second-order valence-electron chi connectivity index (χ2n) is 3.23. The molecule has 1 atom stereocenters. The van der Waals surface area contributed by atoms with E-state index in [2.05, 4.69) is 4.98 Å². The lowest BCUT2D eigenvalue weighted by molar-refractivity contribution is -0.140. The smallest absolute Gasteiger partial charge is 0.308 e. The van der Waals surface area contributed by atoms with E-state index in [9.17, 15) is 4.79 Å². The topological polar surface area (TPSA) is 53.4 Å². The molecule has 1 N–H and O–H groups in total. The Kier molecular flexibility index (Phi) is 4.35. The van der Waals surface area contributed by atoms with Crippen LogP contribution in [0.2, 0.25) is 5.15 Å². The average molecular weight is 249 g/mol. The highest BCUT2D eigenvalue weighted by molar-refractivity contribution is 7.14. The molecule has 0 saturated carbocycles. The summed E-state index contributed by atoms with van der Waals surface area (Å²) in [6, 6.07) is 0. The molecule has 0 radical (unpaired) electrons. The van der Waals surface area contributed by atoms with Crippen molar-refractivity contribution in [1.82, 2.24) is 4.98 Å². The van der Waals surface area contributed by atoms with E-state index < -0.39 is 11.9 Å². The van der Waals surface area contributed by atoms with Crippen molar-refractivity contribution in [2.75, 3.05) is 18.0 Å². The molecule has 1 rings (SSSR count). The first-order chi connectivity index (χ1) is 7.04. The van der Waals surface area contributed by atoms with Gasteiger partial charge in [-0.05, 0) is 6.92 Å². The van der Waals surface area contributed by atoms with Gasteiger partial charge in [-0.3, -0.25) is 4.79 Å². The third kappa shape index (κ3) is 3.35. The van der Waals surface area contributed by atoms with Gasteiger partial charge in [-0.25, -0.2) is 4.98 Å². The van der Waals surface area contributed by atoms with Crippen LogP contribution in [0.15, 0.2) is 5.38 Å². The van der Waals surface area contributed by atoms with Gasteiger partial charge >= 0.3 is 5.97 Å². The summed E-state index contributed by atoms with van der Waals surface area (Å²) in [4.78, 5) is 16.7. The monoisotopic (exact) mass is 248 g/mol. The second kappa shape index (κ2) is 5.32. The molecule has 0 aliphatic carbocycles. The number of rotatable bonds is 5. The quantitative estimate of drug-likeness (QED) is 0.869. The Morgan fingerprint density at radius 1 is 1.80 bits per heavy atom. The van der Waals surface area contributed by atoms with Gasteiger partial charge < -0.3 is 10.0 Å². The maximum Gasteiger partial charge on any atom is 0.308 e. The Morgan fingerprint density at radius 2 is 2.47 bits per heavy atom. The zero-order valence-corrected chi connectivity index (χ0v) is 10.2. The molecule has 15 heavy (non-hydrogen) atoms. The fourth-order valence-corrected chi connectivity index (χ4v) is 2.16. The van der Waals surface area contributed by atoms with Crippen LogP contribution in [0.25, 0.3) is 0 Å². The predicted molar refractivity (Wildman–Crippen MR) is 61.8 cm³/mol. The van der Waals surface area contributed by atoms with Crippen LogP contribution in [0.1, 0.15) is 13.8 Å². The van der Waals surface area contributed by atoms with Crippen LogP contribution in [-0.4, -0.2) is 29.1 Å². The van der Waals surface area contributed by atoms with E-state index >= 15 is 0 Å². The summed E-state index contributed by atoms with van der Waals surface area (Å²) in [7, 11) is 0. The van der Waals surface area contributed by atoms with Crippen LogP contribution in [0.4, 0.5) is 5.13 Å². The third-order valence-electron chi connectivity index (χ3n) is 2.03. The fraction of sp³-hybridized carbons (Fsp3) is 0.556. The number of carboxylic acids is 1. The normalized spacial score (nSPS) is 12.5. The number of halogens is 1. The second-order valence-corrected chi connectivity index (χ2v) is 4.45. The van der Waals surface area contributed by atoms with E-state index in [0.29, 0.717) is 11.7 Å². The highest BCUT2D eigenvalue weighted by atomic mass is 35.5. The summed E-state index contributed by atoms with van der Waals surface area (Å²) in [6.45, 7) is 4.82. The molecule has 1 aromatic rings. The van der Waals surface area contributed by atoms with Gasteiger partial charge in [0.15, 0.2) is 5.13 Å². The van der Waals surface area contributed by atoms with Crippen molar-refractivity contribution in [1.29, 1.82) is 0 Å². The standard InChI is InChI=1S/C9H13ClN2O2S/c1-3-12(4-6(2)8(13)14)9-11-7(10)5-15-9/h5-6H,3-4H2,1-2H3,(H,13,14). The molecule has 1 unspecified atom stereocenters. The van der Waals surface area contributed by atoms with Crippen LogP contribution in [-0.2, 0) is 4.79 Å². The number of aromatic nitrogens is 1. The Labute approximate surface area is 97.5 Å². The van der Waals surface area contributed by atoms with Crippen LogP contribution < -0.4 is 4.90 Å². The molecule has 1 heterocycles. The first-order valence-electron chi connectivity index (χ1n) is 4.63. The number of thiazole rings is 1. The molecule has 84 valence electrons. The predicted octanol–water partition coefficient (Wildman–Crippen LogP) is 2.34. The van der Waals surface area contributed by atoms with Gasteiger partial charge in [-0.1, -0.05) is 18.5 Å². The molecule has 0 saturated heterocycles. The van der Waals surface area contributed by atoms with Gasteiger partial charge in [0.1, 0.15) is 5.15 Å². The summed E-state index contributed by atoms with van der Waals surface area (Å²) >= 11 is 7.14. The van der Waals surface area contributed by atoms with Gasteiger partial charge in [0.05, 0.1) is 5.92 Å². The molecular formula is C9H13ClN2O2S. The minimum Gasteiger partial charge on any atom is -0.481 e. The minimum atomic E-state index is -0.795. The van der Waals surface area contributed by atoms with Crippen molar-refractivity contribution in [2.45, 2.75) is 13.8 Å². The Hall–Kier alpha value is -0.810. The van der Waals surface area contributed by atoms with Gasteiger partial charge in [0.25, 0.3) is 0 Å². The number of aliphatic carboxylic acids is 1.